The Hall–Kier alpha value is -0.920. The molecule has 0 amide bonds. The Balaban J connectivity index is 2.75. The first-order valence-electron chi connectivity index (χ1n) is 6.62. The second-order valence-corrected chi connectivity index (χ2v) is 6.36. The zero-order valence-corrected chi connectivity index (χ0v) is 13.0. The van der Waals surface area contributed by atoms with E-state index in [0.29, 0.717) is 16.3 Å². The van der Waals surface area contributed by atoms with Gasteiger partial charge in [0.05, 0.1) is 11.4 Å². The van der Waals surface area contributed by atoms with Gasteiger partial charge in [-0.15, -0.1) is 0 Å². The number of nitrogens with one attached hydrogen (secondary N) is 2. The van der Waals surface area contributed by atoms with E-state index < -0.39 is 10.0 Å². The fourth-order valence-corrected chi connectivity index (χ4v) is 3.17. The number of aryl methyl sites for hydroxylation is 2. The van der Waals surface area contributed by atoms with E-state index in [0.717, 1.165) is 32.5 Å². The molecule has 0 aliphatic rings. The van der Waals surface area contributed by atoms with Crippen molar-refractivity contribution >= 4 is 10.0 Å². The topological polar surface area (TPSA) is 76.0 Å². The van der Waals surface area contributed by atoms with Crippen LogP contribution in [0.25, 0.3) is 0 Å². The van der Waals surface area contributed by atoms with Crippen LogP contribution in [-0.2, 0) is 16.6 Å². The predicted octanol–water partition coefficient (Wildman–Crippen LogP) is 0.798. The predicted molar refractivity (Wildman–Crippen MR) is 75.7 cm³/mol. The van der Waals surface area contributed by atoms with Crippen molar-refractivity contribution in [1.82, 2.24) is 19.8 Å². The molecule has 0 saturated carbocycles. The van der Waals surface area contributed by atoms with E-state index in [-0.39, 0.29) is 0 Å². The smallest absolute Gasteiger partial charge is 0.243 e. The van der Waals surface area contributed by atoms with Gasteiger partial charge in [0.1, 0.15) is 4.90 Å². The van der Waals surface area contributed by atoms with E-state index in [1.54, 1.807) is 18.5 Å². The summed E-state index contributed by atoms with van der Waals surface area (Å²) in [5.74, 6) is 0. The average Bonchev–Trinajstić information content (AvgIpc) is 2.64. The zero-order valence-electron chi connectivity index (χ0n) is 12.2. The molecule has 0 atom stereocenters. The lowest BCUT2D eigenvalue weighted by molar-refractivity contribution is 0.530. The van der Waals surface area contributed by atoms with Gasteiger partial charge in [-0.2, -0.15) is 5.10 Å². The van der Waals surface area contributed by atoms with Crippen LogP contribution in [0.15, 0.2) is 4.90 Å². The van der Waals surface area contributed by atoms with Gasteiger partial charge < -0.3 is 5.32 Å². The number of hydrogen-bond donors (Lipinski definition) is 2. The third-order valence-electron chi connectivity index (χ3n) is 3.00. The Kier molecular flexibility index (Phi) is 5.96. The van der Waals surface area contributed by atoms with Crippen LogP contribution in [0.5, 0.6) is 0 Å². The van der Waals surface area contributed by atoms with Crippen molar-refractivity contribution in [3.8, 4) is 0 Å². The Labute approximate surface area is 115 Å². The molecule has 0 saturated heterocycles. The van der Waals surface area contributed by atoms with E-state index >= 15 is 0 Å². The van der Waals surface area contributed by atoms with Gasteiger partial charge in [-0.05, 0) is 46.8 Å². The average molecular weight is 288 g/mol. The van der Waals surface area contributed by atoms with Crippen molar-refractivity contribution in [2.24, 2.45) is 0 Å². The Bertz CT molecular complexity index is 508. The molecular formula is C12H24N4O2S. The summed E-state index contributed by atoms with van der Waals surface area (Å²) in [6.45, 7) is 8.30. The van der Waals surface area contributed by atoms with Gasteiger partial charge >= 0.3 is 0 Å². The molecule has 1 rings (SSSR count). The third kappa shape index (κ3) is 4.02. The number of sulfonamides is 1. The zero-order chi connectivity index (χ0) is 14.5. The summed E-state index contributed by atoms with van der Waals surface area (Å²) in [6, 6.07) is 0. The molecule has 0 unspecified atom stereocenters. The van der Waals surface area contributed by atoms with Crippen molar-refractivity contribution < 1.29 is 8.42 Å². The molecule has 0 spiro atoms. The van der Waals surface area contributed by atoms with Crippen molar-refractivity contribution in [2.45, 2.75) is 45.1 Å². The van der Waals surface area contributed by atoms with Gasteiger partial charge in [-0.25, -0.2) is 13.1 Å². The van der Waals surface area contributed by atoms with Crippen molar-refractivity contribution in [2.75, 3.05) is 20.1 Å². The second kappa shape index (κ2) is 7.02. The molecule has 0 aromatic carbocycles. The SMILES string of the molecule is CCCNCCCn1nc(C)c(S(=O)(=O)NC)c1C. The van der Waals surface area contributed by atoms with Crippen molar-refractivity contribution in [3.63, 3.8) is 0 Å². The van der Waals surface area contributed by atoms with E-state index in [9.17, 15) is 8.42 Å². The van der Waals surface area contributed by atoms with E-state index in [2.05, 4.69) is 22.1 Å². The van der Waals surface area contributed by atoms with Crippen LogP contribution >= 0.6 is 0 Å². The summed E-state index contributed by atoms with van der Waals surface area (Å²) < 4.78 is 27.9. The molecule has 1 aromatic rings. The highest BCUT2D eigenvalue weighted by Gasteiger charge is 2.22. The minimum Gasteiger partial charge on any atom is -0.317 e. The Morgan fingerprint density at radius 2 is 1.95 bits per heavy atom. The molecule has 0 aliphatic heterocycles. The quantitative estimate of drug-likeness (QED) is 0.694. The normalized spacial score (nSPS) is 12.0. The van der Waals surface area contributed by atoms with E-state index in [4.69, 9.17) is 0 Å². The minimum atomic E-state index is -3.43. The fourth-order valence-electron chi connectivity index (χ4n) is 2.04. The van der Waals surface area contributed by atoms with Crippen LogP contribution in [0.1, 0.15) is 31.2 Å². The summed E-state index contributed by atoms with van der Waals surface area (Å²) >= 11 is 0. The number of hydrogen-bond acceptors (Lipinski definition) is 4. The summed E-state index contributed by atoms with van der Waals surface area (Å²) in [7, 11) is -2.01. The third-order valence-corrected chi connectivity index (χ3v) is 4.67. The maximum Gasteiger partial charge on any atom is 0.243 e. The Morgan fingerprint density at radius 3 is 2.53 bits per heavy atom. The van der Waals surface area contributed by atoms with Crippen molar-refractivity contribution in [1.29, 1.82) is 0 Å². The maximum absolute atomic E-state index is 11.9. The molecule has 0 aliphatic carbocycles. The molecule has 0 fully saturated rings. The van der Waals surface area contributed by atoms with E-state index in [1.807, 2.05) is 0 Å². The van der Waals surface area contributed by atoms with Gasteiger partial charge in [-0.1, -0.05) is 6.92 Å². The largest absolute Gasteiger partial charge is 0.317 e. The first-order valence-corrected chi connectivity index (χ1v) is 8.10. The first-order chi connectivity index (χ1) is 8.94. The van der Waals surface area contributed by atoms with Crippen LogP contribution in [0.4, 0.5) is 0 Å². The molecule has 19 heavy (non-hydrogen) atoms. The lowest BCUT2D eigenvalue weighted by Crippen LogP contribution is -2.20. The summed E-state index contributed by atoms with van der Waals surface area (Å²) in [6.07, 6.45) is 2.05. The molecule has 6 nitrogen and oxygen atoms in total. The van der Waals surface area contributed by atoms with Gasteiger partial charge in [0.25, 0.3) is 0 Å². The number of aromatic nitrogens is 2. The molecule has 110 valence electrons. The molecule has 7 heteroatoms. The van der Waals surface area contributed by atoms with Crippen LogP contribution in [0.2, 0.25) is 0 Å². The lowest BCUT2D eigenvalue weighted by atomic mass is 10.3. The monoisotopic (exact) mass is 288 g/mol. The molecule has 0 radical (unpaired) electrons. The lowest BCUT2D eigenvalue weighted by Gasteiger charge is -2.06. The Morgan fingerprint density at radius 1 is 1.26 bits per heavy atom. The summed E-state index contributed by atoms with van der Waals surface area (Å²) in [4.78, 5) is 0.302. The van der Waals surface area contributed by atoms with Gasteiger partial charge in [0.15, 0.2) is 0 Å². The maximum atomic E-state index is 11.9. The van der Waals surface area contributed by atoms with Gasteiger partial charge in [-0.3, -0.25) is 4.68 Å². The molecule has 2 N–H and O–H groups in total. The van der Waals surface area contributed by atoms with Crippen LogP contribution in [0, 0.1) is 13.8 Å². The highest BCUT2D eigenvalue weighted by atomic mass is 32.2. The molecular weight excluding hydrogens is 264 g/mol. The summed E-state index contributed by atoms with van der Waals surface area (Å²) in [5, 5.41) is 7.63. The van der Waals surface area contributed by atoms with E-state index in [1.165, 1.54) is 7.05 Å². The highest BCUT2D eigenvalue weighted by molar-refractivity contribution is 7.89. The molecule has 0 bridgehead atoms. The fraction of sp³-hybridized carbons (Fsp3) is 0.750. The standard InChI is InChI=1S/C12H24N4O2S/c1-5-7-14-8-6-9-16-11(3)12(10(2)15-16)19(17,18)13-4/h13-14H,5-9H2,1-4H3. The minimum absolute atomic E-state index is 0.302. The van der Waals surface area contributed by atoms with Crippen LogP contribution in [-0.4, -0.2) is 38.3 Å². The van der Waals surface area contributed by atoms with Crippen molar-refractivity contribution in [3.05, 3.63) is 11.4 Å². The first kappa shape index (κ1) is 16.1. The number of rotatable bonds is 8. The highest BCUT2D eigenvalue weighted by Crippen LogP contribution is 2.18. The van der Waals surface area contributed by atoms with Gasteiger partial charge in [0.2, 0.25) is 10.0 Å². The summed E-state index contributed by atoms with van der Waals surface area (Å²) in [5.41, 5.74) is 1.25. The van der Waals surface area contributed by atoms with Crippen LogP contribution in [0.3, 0.4) is 0 Å². The number of nitrogens with zero attached hydrogens (tertiary/aromatic N) is 2. The molecule has 1 heterocycles. The molecule has 1 aromatic heterocycles. The van der Waals surface area contributed by atoms with Gasteiger partial charge in [0, 0.05) is 6.54 Å². The van der Waals surface area contributed by atoms with Crippen LogP contribution < -0.4 is 10.0 Å². The second-order valence-electron chi connectivity index (χ2n) is 4.53.